The van der Waals surface area contributed by atoms with E-state index in [2.05, 4.69) is 21.3 Å². The average Bonchev–Trinajstić information content (AvgIpc) is 3.16. The molecule has 0 radical (unpaired) electrons. The van der Waals surface area contributed by atoms with Gasteiger partial charge in [0.25, 0.3) is 0 Å². The highest BCUT2D eigenvalue weighted by atomic mass is 16.4. The predicted molar refractivity (Wildman–Crippen MR) is 103 cm³/mol. The summed E-state index contributed by atoms with van der Waals surface area (Å²) < 4.78 is 0. The lowest BCUT2D eigenvalue weighted by Gasteiger charge is -2.27. The van der Waals surface area contributed by atoms with E-state index in [0.29, 0.717) is 13.0 Å². The molecule has 170 valence electrons. The number of hydrogen-bond acceptors (Lipinski definition) is 7. The van der Waals surface area contributed by atoms with E-state index in [9.17, 15) is 29.1 Å². The first-order valence-electron chi connectivity index (χ1n) is 9.71. The van der Waals surface area contributed by atoms with E-state index in [0.717, 1.165) is 6.42 Å². The molecule has 5 atom stereocenters. The Balaban J connectivity index is 2.89. The number of nitrogens with one attached hydrogen (secondary N) is 4. The van der Waals surface area contributed by atoms with Crippen LogP contribution in [0.1, 0.15) is 40.0 Å². The summed E-state index contributed by atoms with van der Waals surface area (Å²) in [5.41, 5.74) is 0. The van der Waals surface area contributed by atoms with Crippen molar-refractivity contribution in [1.29, 1.82) is 0 Å². The van der Waals surface area contributed by atoms with E-state index in [-0.39, 0.29) is 0 Å². The summed E-state index contributed by atoms with van der Waals surface area (Å²) in [5.74, 6) is -5.52. The molecule has 12 heteroatoms. The Kier molecular flexibility index (Phi) is 9.66. The van der Waals surface area contributed by atoms with E-state index < -0.39 is 72.3 Å². The largest absolute Gasteiger partial charge is 0.481 e. The molecular formula is C18H30N4O8. The Morgan fingerprint density at radius 3 is 2.00 bits per heavy atom. The summed E-state index contributed by atoms with van der Waals surface area (Å²) in [6.07, 6.45) is -0.743. The van der Waals surface area contributed by atoms with Crippen LogP contribution in [0.4, 0.5) is 0 Å². The molecule has 30 heavy (non-hydrogen) atoms. The molecule has 0 bridgehead atoms. The van der Waals surface area contributed by atoms with Crippen LogP contribution in [-0.2, 0) is 24.0 Å². The van der Waals surface area contributed by atoms with Gasteiger partial charge in [-0.25, -0.2) is 4.79 Å². The van der Waals surface area contributed by atoms with Gasteiger partial charge >= 0.3 is 11.9 Å². The zero-order valence-electron chi connectivity index (χ0n) is 17.2. The molecule has 1 aliphatic rings. The van der Waals surface area contributed by atoms with Gasteiger partial charge in [-0.1, -0.05) is 13.8 Å². The first-order chi connectivity index (χ1) is 13.9. The molecule has 1 aliphatic heterocycles. The highest BCUT2D eigenvalue weighted by Crippen LogP contribution is 2.08. The van der Waals surface area contributed by atoms with Gasteiger partial charge in [0, 0.05) is 0 Å². The number of carboxylic acid groups (broad SMARTS) is 2. The Hall–Kier alpha value is -2.73. The van der Waals surface area contributed by atoms with Crippen LogP contribution in [0.15, 0.2) is 0 Å². The normalized spacial score (nSPS) is 20.0. The second-order valence-electron chi connectivity index (χ2n) is 7.60. The van der Waals surface area contributed by atoms with E-state index >= 15 is 0 Å². The summed E-state index contributed by atoms with van der Waals surface area (Å²) in [6.45, 7) is 5.01. The molecule has 3 amide bonds. The molecular weight excluding hydrogens is 400 g/mol. The van der Waals surface area contributed by atoms with E-state index in [1.165, 1.54) is 6.92 Å². The number of amides is 3. The van der Waals surface area contributed by atoms with Crippen molar-refractivity contribution in [2.24, 2.45) is 5.92 Å². The number of carbonyl (C=O) groups excluding carboxylic acids is 3. The molecule has 0 aromatic rings. The monoisotopic (exact) mass is 430 g/mol. The van der Waals surface area contributed by atoms with Gasteiger partial charge < -0.3 is 36.6 Å². The molecule has 1 heterocycles. The van der Waals surface area contributed by atoms with Gasteiger partial charge in [0.2, 0.25) is 17.7 Å². The fraction of sp³-hybridized carbons (Fsp3) is 0.722. The lowest BCUT2D eigenvalue weighted by Crippen LogP contribution is -2.59. The van der Waals surface area contributed by atoms with Crippen molar-refractivity contribution in [2.75, 3.05) is 6.54 Å². The van der Waals surface area contributed by atoms with Gasteiger partial charge in [-0.15, -0.1) is 0 Å². The molecule has 0 aromatic carbocycles. The van der Waals surface area contributed by atoms with E-state index in [1.807, 2.05) is 0 Å². The quantitative estimate of drug-likeness (QED) is 0.190. The number of rotatable bonds is 11. The van der Waals surface area contributed by atoms with Crippen molar-refractivity contribution >= 4 is 29.7 Å². The predicted octanol–water partition coefficient (Wildman–Crippen LogP) is -2.21. The maximum atomic E-state index is 12.6. The maximum Gasteiger partial charge on any atom is 0.328 e. The maximum absolute atomic E-state index is 12.6. The molecule has 1 saturated heterocycles. The summed E-state index contributed by atoms with van der Waals surface area (Å²) in [5, 5.41) is 37.6. The minimum Gasteiger partial charge on any atom is -0.481 e. The van der Waals surface area contributed by atoms with Crippen LogP contribution in [0.2, 0.25) is 0 Å². The van der Waals surface area contributed by atoms with Gasteiger partial charge in [-0.3, -0.25) is 19.2 Å². The van der Waals surface area contributed by atoms with Crippen molar-refractivity contribution in [3.8, 4) is 0 Å². The average molecular weight is 430 g/mol. The minimum absolute atomic E-state index is 0.491. The van der Waals surface area contributed by atoms with Gasteiger partial charge in [0.1, 0.15) is 12.1 Å². The third kappa shape index (κ3) is 7.59. The summed E-state index contributed by atoms with van der Waals surface area (Å²) in [4.78, 5) is 59.8. The molecule has 0 spiro atoms. The van der Waals surface area contributed by atoms with Crippen LogP contribution < -0.4 is 21.3 Å². The molecule has 0 aliphatic carbocycles. The third-order valence-electron chi connectivity index (χ3n) is 4.68. The summed E-state index contributed by atoms with van der Waals surface area (Å²) >= 11 is 0. The lowest BCUT2D eigenvalue weighted by atomic mass is 10.0. The fourth-order valence-electron chi connectivity index (χ4n) is 2.99. The standard InChI is InChI=1S/C18H30N4O8/c1-8(2)13(17(28)22-14(9(3)23)18(29)30)21-16(27)11(7-12(24)25)20-15(26)10-5-4-6-19-10/h8-11,13-14,19,23H,4-7H2,1-3H3,(H,20,26)(H,21,27)(H,22,28)(H,24,25)(H,29,30). The molecule has 5 unspecified atom stereocenters. The van der Waals surface area contributed by atoms with Gasteiger partial charge in [-0.05, 0) is 32.2 Å². The molecule has 12 nitrogen and oxygen atoms in total. The number of aliphatic carboxylic acids is 2. The number of aliphatic hydroxyl groups is 1. The second kappa shape index (κ2) is 11.5. The number of carbonyl (C=O) groups is 5. The fourth-order valence-corrected chi connectivity index (χ4v) is 2.99. The van der Waals surface area contributed by atoms with Gasteiger partial charge in [0.05, 0.1) is 18.6 Å². The summed E-state index contributed by atoms with van der Waals surface area (Å²) in [6, 6.07) is -4.74. The molecule has 7 N–H and O–H groups in total. The van der Waals surface area contributed by atoms with Crippen molar-refractivity contribution in [3.05, 3.63) is 0 Å². The third-order valence-corrected chi connectivity index (χ3v) is 4.68. The molecule has 1 rings (SSSR count). The van der Waals surface area contributed by atoms with Gasteiger partial charge in [0.15, 0.2) is 6.04 Å². The van der Waals surface area contributed by atoms with Crippen LogP contribution in [-0.4, -0.2) is 81.8 Å². The first kappa shape index (κ1) is 25.3. The van der Waals surface area contributed by atoms with E-state index in [4.69, 9.17) is 10.2 Å². The van der Waals surface area contributed by atoms with Crippen molar-refractivity contribution in [2.45, 2.75) is 70.3 Å². The van der Waals surface area contributed by atoms with Crippen LogP contribution in [0.3, 0.4) is 0 Å². The smallest absolute Gasteiger partial charge is 0.328 e. The van der Waals surface area contributed by atoms with Crippen molar-refractivity contribution in [1.82, 2.24) is 21.3 Å². The summed E-state index contributed by atoms with van der Waals surface area (Å²) in [7, 11) is 0. The Bertz CT molecular complexity index is 661. The number of aliphatic hydroxyl groups excluding tert-OH is 1. The van der Waals surface area contributed by atoms with Crippen LogP contribution in [0, 0.1) is 5.92 Å². The minimum atomic E-state index is -1.58. The second-order valence-corrected chi connectivity index (χ2v) is 7.60. The highest BCUT2D eigenvalue weighted by Gasteiger charge is 2.34. The topological polar surface area (TPSA) is 194 Å². The molecule has 1 fully saturated rings. The van der Waals surface area contributed by atoms with Crippen molar-refractivity contribution < 1.29 is 39.3 Å². The zero-order chi connectivity index (χ0) is 23.0. The van der Waals surface area contributed by atoms with Gasteiger partial charge in [-0.2, -0.15) is 0 Å². The van der Waals surface area contributed by atoms with Crippen molar-refractivity contribution in [3.63, 3.8) is 0 Å². The Morgan fingerprint density at radius 2 is 1.57 bits per heavy atom. The van der Waals surface area contributed by atoms with Crippen LogP contribution >= 0.6 is 0 Å². The zero-order valence-corrected chi connectivity index (χ0v) is 17.2. The Labute approximate surface area is 173 Å². The number of carboxylic acids is 2. The lowest BCUT2D eigenvalue weighted by molar-refractivity contribution is -0.146. The SMILES string of the molecule is CC(C)C(NC(=O)C(CC(=O)O)NC(=O)C1CCCN1)C(=O)NC(C(=O)O)C(C)O. The van der Waals surface area contributed by atoms with E-state index in [1.54, 1.807) is 13.8 Å². The molecule has 0 aromatic heterocycles. The highest BCUT2D eigenvalue weighted by molar-refractivity contribution is 5.95. The Morgan fingerprint density at radius 1 is 0.967 bits per heavy atom. The molecule has 0 saturated carbocycles. The van der Waals surface area contributed by atoms with Crippen LogP contribution in [0.5, 0.6) is 0 Å². The van der Waals surface area contributed by atoms with Crippen LogP contribution in [0.25, 0.3) is 0 Å². The first-order valence-corrected chi connectivity index (χ1v) is 9.71. The number of hydrogen-bond donors (Lipinski definition) is 7.